The van der Waals surface area contributed by atoms with Crippen molar-refractivity contribution in [2.24, 2.45) is 0 Å². The predicted molar refractivity (Wildman–Crippen MR) is 137 cm³/mol. The van der Waals surface area contributed by atoms with Crippen LogP contribution < -0.4 is 0 Å². The monoisotopic (exact) mass is 426 g/mol. The zero-order valence-electron chi connectivity index (χ0n) is 17.2. The summed E-state index contributed by atoms with van der Waals surface area (Å²) in [5.74, 6) is 0.986. The third kappa shape index (κ3) is 2.49. The van der Waals surface area contributed by atoms with Gasteiger partial charge in [0.1, 0.15) is 5.82 Å². The van der Waals surface area contributed by atoms with E-state index in [1.807, 2.05) is 11.3 Å². The molecule has 0 amide bonds. The van der Waals surface area contributed by atoms with E-state index < -0.39 is 0 Å². The van der Waals surface area contributed by atoms with Crippen molar-refractivity contribution in [3.8, 4) is 17.1 Å². The lowest BCUT2D eigenvalue weighted by Gasteiger charge is -2.11. The topological polar surface area (TPSA) is 17.8 Å². The van der Waals surface area contributed by atoms with Gasteiger partial charge in [0.15, 0.2) is 0 Å². The molecule has 7 rings (SSSR count). The summed E-state index contributed by atoms with van der Waals surface area (Å²) in [6.45, 7) is 0. The highest BCUT2D eigenvalue weighted by molar-refractivity contribution is 7.26. The maximum absolute atomic E-state index is 5.20. The Kier molecular flexibility index (Phi) is 3.75. The molecule has 2 aromatic heterocycles. The van der Waals surface area contributed by atoms with Gasteiger partial charge >= 0.3 is 0 Å². The molecule has 0 saturated heterocycles. The van der Waals surface area contributed by atoms with Crippen LogP contribution in [0.15, 0.2) is 109 Å². The van der Waals surface area contributed by atoms with E-state index in [1.54, 1.807) is 0 Å². The Labute approximate surface area is 189 Å². The summed E-state index contributed by atoms with van der Waals surface area (Å²) in [7, 11) is 0. The van der Waals surface area contributed by atoms with Crippen molar-refractivity contribution in [2.45, 2.75) is 0 Å². The van der Waals surface area contributed by atoms with Gasteiger partial charge < -0.3 is 0 Å². The SMILES string of the molecule is c1ccc(-n2c(-c3cccc4c3sc3ccccc34)nc3ccc4ccccc4c32)cc1. The first-order chi connectivity index (χ1) is 15.9. The number of hydrogen-bond donors (Lipinski definition) is 0. The first kappa shape index (κ1) is 17.7. The molecule has 0 bridgehead atoms. The molecule has 3 heteroatoms. The number of aromatic nitrogens is 2. The molecule has 2 heterocycles. The van der Waals surface area contributed by atoms with E-state index >= 15 is 0 Å². The average molecular weight is 427 g/mol. The van der Waals surface area contributed by atoms with Crippen molar-refractivity contribution in [1.82, 2.24) is 9.55 Å². The Morgan fingerprint density at radius 1 is 0.594 bits per heavy atom. The molecule has 7 aromatic rings. The number of rotatable bonds is 2. The largest absolute Gasteiger partial charge is 0.292 e. The zero-order chi connectivity index (χ0) is 21.1. The molecule has 0 fully saturated rings. The van der Waals surface area contributed by atoms with Gasteiger partial charge in [0, 0.05) is 36.8 Å². The Hall–Kier alpha value is -3.95. The van der Waals surface area contributed by atoms with E-state index in [0.717, 1.165) is 22.5 Å². The van der Waals surface area contributed by atoms with Crippen LogP contribution >= 0.6 is 11.3 Å². The third-order valence-corrected chi connectivity index (χ3v) is 7.42. The van der Waals surface area contributed by atoms with Crippen molar-refractivity contribution in [1.29, 1.82) is 0 Å². The molecular weight excluding hydrogens is 408 g/mol. The summed E-state index contributed by atoms with van der Waals surface area (Å²) in [4.78, 5) is 5.20. The van der Waals surface area contributed by atoms with Crippen LogP contribution in [0.3, 0.4) is 0 Å². The predicted octanol–water partition coefficient (Wildman–Crippen LogP) is 8.21. The molecule has 2 nitrogen and oxygen atoms in total. The normalized spacial score (nSPS) is 11.8. The Morgan fingerprint density at radius 2 is 1.34 bits per heavy atom. The van der Waals surface area contributed by atoms with Crippen molar-refractivity contribution >= 4 is 53.3 Å². The molecule has 0 saturated carbocycles. The fourth-order valence-corrected chi connectivity index (χ4v) is 5.98. The maximum atomic E-state index is 5.20. The summed E-state index contributed by atoms with van der Waals surface area (Å²) < 4.78 is 4.92. The van der Waals surface area contributed by atoms with Crippen LogP contribution in [0.5, 0.6) is 0 Å². The van der Waals surface area contributed by atoms with Crippen LogP contribution in [0.25, 0.3) is 59.1 Å². The van der Waals surface area contributed by atoms with Crippen molar-refractivity contribution in [3.63, 3.8) is 0 Å². The molecule has 0 atom stereocenters. The summed E-state index contributed by atoms with van der Waals surface area (Å²) in [5, 5.41) is 5.04. The van der Waals surface area contributed by atoms with Gasteiger partial charge in [0.25, 0.3) is 0 Å². The maximum Gasteiger partial charge on any atom is 0.147 e. The van der Waals surface area contributed by atoms with Crippen LogP contribution in [0, 0.1) is 0 Å². The third-order valence-electron chi connectivity index (χ3n) is 6.20. The molecule has 32 heavy (non-hydrogen) atoms. The molecule has 0 aliphatic carbocycles. The highest BCUT2D eigenvalue weighted by Crippen LogP contribution is 2.41. The second-order valence-electron chi connectivity index (χ2n) is 8.04. The minimum atomic E-state index is 0.986. The second-order valence-corrected chi connectivity index (χ2v) is 9.09. The van der Waals surface area contributed by atoms with Crippen LogP contribution in [0.4, 0.5) is 0 Å². The van der Waals surface area contributed by atoms with Crippen LogP contribution in [0.2, 0.25) is 0 Å². The smallest absolute Gasteiger partial charge is 0.147 e. The molecule has 0 unspecified atom stereocenters. The van der Waals surface area contributed by atoms with E-state index in [1.165, 1.54) is 36.5 Å². The Balaban J connectivity index is 1.66. The molecule has 0 radical (unpaired) electrons. The lowest BCUT2D eigenvalue weighted by Crippen LogP contribution is -1.97. The van der Waals surface area contributed by atoms with Gasteiger partial charge in [-0.3, -0.25) is 4.57 Å². The standard InChI is InChI=1S/C29H18N2S/c1-2-10-20(11-3-1)31-27-21-12-5-4-9-19(21)17-18-25(27)30-29(31)24-15-8-14-23-22-13-6-7-16-26(22)32-28(23)24/h1-18H. The van der Waals surface area contributed by atoms with Gasteiger partial charge in [-0.2, -0.15) is 0 Å². The van der Waals surface area contributed by atoms with Crippen molar-refractivity contribution in [2.75, 3.05) is 0 Å². The molecule has 5 aromatic carbocycles. The van der Waals surface area contributed by atoms with E-state index in [2.05, 4.69) is 114 Å². The van der Waals surface area contributed by atoms with Gasteiger partial charge in [0.2, 0.25) is 0 Å². The summed E-state index contributed by atoms with van der Waals surface area (Å²) in [5.41, 5.74) is 4.47. The fraction of sp³-hybridized carbons (Fsp3) is 0. The average Bonchev–Trinajstić information content (AvgIpc) is 3.43. The van der Waals surface area contributed by atoms with Crippen LogP contribution in [-0.2, 0) is 0 Å². The molecule has 150 valence electrons. The number of imidazole rings is 1. The Morgan fingerprint density at radius 3 is 2.25 bits per heavy atom. The number of hydrogen-bond acceptors (Lipinski definition) is 2. The minimum Gasteiger partial charge on any atom is -0.292 e. The van der Waals surface area contributed by atoms with Gasteiger partial charge in [-0.1, -0.05) is 78.9 Å². The number of benzene rings is 5. The minimum absolute atomic E-state index is 0.986. The van der Waals surface area contributed by atoms with Gasteiger partial charge in [-0.15, -0.1) is 11.3 Å². The highest BCUT2D eigenvalue weighted by atomic mass is 32.1. The van der Waals surface area contributed by atoms with Crippen LogP contribution in [-0.4, -0.2) is 9.55 Å². The Bertz CT molecular complexity index is 1770. The first-order valence-corrected chi connectivity index (χ1v) is 11.6. The van der Waals surface area contributed by atoms with Gasteiger partial charge in [-0.05, 0) is 35.7 Å². The van der Waals surface area contributed by atoms with E-state index in [9.17, 15) is 0 Å². The summed E-state index contributed by atoms with van der Waals surface area (Å²) >= 11 is 1.85. The lowest BCUT2D eigenvalue weighted by atomic mass is 10.1. The number of thiophene rings is 1. The number of nitrogens with zero attached hydrogens (tertiary/aromatic N) is 2. The summed E-state index contributed by atoms with van der Waals surface area (Å²) in [6, 6.07) is 38.7. The quantitative estimate of drug-likeness (QED) is 0.272. The van der Waals surface area contributed by atoms with Gasteiger partial charge in [-0.25, -0.2) is 4.98 Å². The number of para-hydroxylation sites is 1. The lowest BCUT2D eigenvalue weighted by molar-refractivity contribution is 1.11. The van der Waals surface area contributed by atoms with Crippen molar-refractivity contribution in [3.05, 3.63) is 109 Å². The highest BCUT2D eigenvalue weighted by Gasteiger charge is 2.19. The van der Waals surface area contributed by atoms with E-state index in [4.69, 9.17) is 4.98 Å². The van der Waals surface area contributed by atoms with Crippen molar-refractivity contribution < 1.29 is 0 Å². The molecule has 0 spiro atoms. The summed E-state index contributed by atoms with van der Waals surface area (Å²) in [6.07, 6.45) is 0. The fourth-order valence-electron chi connectivity index (χ4n) is 4.77. The molecular formula is C29H18N2S. The molecule has 0 N–H and O–H groups in total. The van der Waals surface area contributed by atoms with Crippen LogP contribution in [0.1, 0.15) is 0 Å². The van der Waals surface area contributed by atoms with E-state index in [-0.39, 0.29) is 0 Å². The van der Waals surface area contributed by atoms with E-state index in [0.29, 0.717) is 0 Å². The second kappa shape index (κ2) is 6.78. The zero-order valence-corrected chi connectivity index (χ0v) is 18.0. The molecule has 0 aliphatic heterocycles. The molecule has 0 aliphatic rings. The number of fused-ring (bicyclic) bond motifs is 6. The van der Waals surface area contributed by atoms with Gasteiger partial charge in [0.05, 0.1) is 11.0 Å². The first-order valence-electron chi connectivity index (χ1n) is 10.7.